The molecule has 1 aromatic rings. The van der Waals surface area contributed by atoms with Crippen molar-refractivity contribution in [3.05, 3.63) is 24.0 Å². The third kappa shape index (κ3) is 4.57. The van der Waals surface area contributed by atoms with Crippen molar-refractivity contribution in [1.82, 2.24) is 9.71 Å². The molecule has 0 spiro atoms. The van der Waals surface area contributed by atoms with Crippen LogP contribution >= 0.6 is 0 Å². The number of nitrogens with one attached hydrogen (secondary N) is 1. The third-order valence-corrected chi connectivity index (χ3v) is 3.79. The molecular weight excluding hydrogens is 270 g/mol. The van der Waals surface area contributed by atoms with E-state index >= 15 is 0 Å². The normalized spacial score (nSPS) is 12.9. The van der Waals surface area contributed by atoms with Crippen LogP contribution in [0.25, 0.3) is 0 Å². The minimum Gasteiger partial charge on any atom is -0.391 e. The van der Waals surface area contributed by atoms with Crippen molar-refractivity contribution in [2.75, 3.05) is 20.3 Å². The maximum atomic E-state index is 11.9. The molecule has 1 unspecified atom stereocenters. The first-order valence-corrected chi connectivity index (χ1v) is 7.01. The highest BCUT2D eigenvalue weighted by Crippen LogP contribution is 2.11. The van der Waals surface area contributed by atoms with Gasteiger partial charge in [0.1, 0.15) is 11.0 Å². The van der Waals surface area contributed by atoms with Gasteiger partial charge in [-0.25, -0.2) is 18.1 Å². The van der Waals surface area contributed by atoms with Crippen LogP contribution in [-0.4, -0.2) is 44.9 Å². The zero-order chi connectivity index (χ0) is 14.3. The zero-order valence-corrected chi connectivity index (χ0v) is 11.2. The molecule has 1 atom stereocenters. The van der Waals surface area contributed by atoms with E-state index in [0.29, 0.717) is 0 Å². The molecule has 104 valence electrons. The topological polar surface area (TPSA) is 112 Å². The molecule has 1 heterocycles. The Morgan fingerprint density at radius 1 is 1.63 bits per heavy atom. The summed E-state index contributed by atoms with van der Waals surface area (Å²) in [5.74, 6) is 0. The van der Waals surface area contributed by atoms with E-state index in [0.717, 1.165) is 0 Å². The van der Waals surface area contributed by atoms with E-state index in [1.807, 2.05) is 0 Å². The summed E-state index contributed by atoms with van der Waals surface area (Å²) in [7, 11) is -2.35. The van der Waals surface area contributed by atoms with Gasteiger partial charge in [-0.15, -0.1) is 0 Å². The number of ether oxygens (including phenoxy) is 1. The highest BCUT2D eigenvalue weighted by Gasteiger charge is 2.19. The van der Waals surface area contributed by atoms with Gasteiger partial charge in [-0.05, 0) is 18.6 Å². The van der Waals surface area contributed by atoms with Crippen LogP contribution in [0.4, 0.5) is 0 Å². The van der Waals surface area contributed by atoms with Crippen molar-refractivity contribution in [3.63, 3.8) is 0 Å². The number of aliphatic hydroxyl groups is 1. The predicted octanol–water partition coefficient (Wildman–Crippen LogP) is -0.371. The summed E-state index contributed by atoms with van der Waals surface area (Å²) in [5.41, 5.74) is -0.160. The Kier molecular flexibility index (Phi) is 5.85. The Labute approximate surface area is 111 Å². The molecule has 0 bridgehead atoms. The molecule has 1 aromatic heterocycles. The van der Waals surface area contributed by atoms with E-state index in [-0.39, 0.29) is 30.2 Å². The van der Waals surface area contributed by atoms with Crippen molar-refractivity contribution < 1.29 is 18.3 Å². The average molecular weight is 285 g/mol. The molecule has 19 heavy (non-hydrogen) atoms. The molecule has 0 saturated heterocycles. The number of rotatable bonds is 7. The molecular formula is C11H15N3O4S. The molecule has 0 aromatic carbocycles. The fraction of sp³-hybridized carbons (Fsp3) is 0.455. The van der Waals surface area contributed by atoms with Crippen LogP contribution in [0, 0.1) is 11.3 Å². The van der Waals surface area contributed by atoms with Gasteiger partial charge < -0.3 is 9.84 Å². The number of hydrogen-bond donors (Lipinski definition) is 2. The zero-order valence-electron chi connectivity index (χ0n) is 10.4. The molecule has 0 radical (unpaired) electrons. The van der Waals surface area contributed by atoms with Gasteiger partial charge in [0.15, 0.2) is 5.69 Å². The Balaban J connectivity index is 2.69. The molecule has 1 rings (SSSR count). The molecule has 0 aliphatic carbocycles. The first-order valence-electron chi connectivity index (χ1n) is 5.53. The van der Waals surface area contributed by atoms with Crippen LogP contribution in [0.3, 0.4) is 0 Å². The highest BCUT2D eigenvalue weighted by atomic mass is 32.2. The van der Waals surface area contributed by atoms with Crippen LogP contribution in [0.2, 0.25) is 0 Å². The average Bonchev–Trinajstić information content (AvgIpc) is 2.38. The van der Waals surface area contributed by atoms with Crippen LogP contribution in [0.5, 0.6) is 0 Å². The Hall–Kier alpha value is -1.53. The molecule has 2 N–H and O–H groups in total. The lowest BCUT2D eigenvalue weighted by Gasteiger charge is -2.10. The second-order valence-electron chi connectivity index (χ2n) is 3.76. The molecule has 0 aliphatic rings. The van der Waals surface area contributed by atoms with Gasteiger partial charge in [0.2, 0.25) is 10.0 Å². The van der Waals surface area contributed by atoms with Gasteiger partial charge in [0.05, 0.1) is 12.7 Å². The van der Waals surface area contributed by atoms with Crippen molar-refractivity contribution in [2.24, 2.45) is 0 Å². The Bertz CT molecular complexity index is 553. The largest absolute Gasteiger partial charge is 0.391 e. The molecule has 0 saturated carbocycles. The number of pyridine rings is 1. The Morgan fingerprint density at radius 3 is 3.00 bits per heavy atom. The standard InChI is InChI=1S/C11H15N3O4S/c1-18-8-9(15)4-6-14-19(16,17)11-3-2-5-13-10(11)7-12/h2-3,5,9,14-15H,4,6,8H2,1H3. The number of aliphatic hydroxyl groups excluding tert-OH is 1. The van der Waals surface area contributed by atoms with Crippen molar-refractivity contribution in [1.29, 1.82) is 5.26 Å². The molecule has 7 nitrogen and oxygen atoms in total. The molecule has 0 fully saturated rings. The van der Waals surface area contributed by atoms with Crippen LogP contribution in [-0.2, 0) is 14.8 Å². The van der Waals surface area contributed by atoms with Crippen molar-refractivity contribution in [3.8, 4) is 6.07 Å². The van der Waals surface area contributed by atoms with Gasteiger partial charge in [-0.2, -0.15) is 5.26 Å². The van der Waals surface area contributed by atoms with E-state index in [1.165, 1.54) is 25.4 Å². The van der Waals surface area contributed by atoms with E-state index in [9.17, 15) is 13.5 Å². The summed E-state index contributed by atoms with van der Waals surface area (Å²) in [5, 5.41) is 18.2. The number of nitrogens with zero attached hydrogens (tertiary/aromatic N) is 2. The number of hydrogen-bond acceptors (Lipinski definition) is 6. The van der Waals surface area contributed by atoms with Crippen LogP contribution in [0.15, 0.2) is 23.2 Å². The molecule has 0 amide bonds. The van der Waals surface area contributed by atoms with Crippen molar-refractivity contribution >= 4 is 10.0 Å². The lowest BCUT2D eigenvalue weighted by Crippen LogP contribution is -2.29. The Morgan fingerprint density at radius 2 is 2.37 bits per heavy atom. The SMILES string of the molecule is COCC(O)CCNS(=O)(=O)c1cccnc1C#N. The lowest BCUT2D eigenvalue weighted by molar-refractivity contribution is 0.0603. The maximum Gasteiger partial charge on any atom is 0.243 e. The second kappa shape index (κ2) is 7.16. The fourth-order valence-electron chi connectivity index (χ4n) is 1.40. The van der Waals surface area contributed by atoms with E-state index < -0.39 is 16.1 Å². The van der Waals surface area contributed by atoms with Gasteiger partial charge in [0.25, 0.3) is 0 Å². The van der Waals surface area contributed by atoms with Gasteiger partial charge >= 0.3 is 0 Å². The minimum absolute atomic E-state index is 0.0482. The number of nitriles is 1. The van der Waals surface area contributed by atoms with E-state index in [4.69, 9.17) is 10.00 Å². The van der Waals surface area contributed by atoms with Crippen LogP contribution < -0.4 is 4.72 Å². The van der Waals surface area contributed by atoms with E-state index in [1.54, 1.807) is 6.07 Å². The summed E-state index contributed by atoms with van der Waals surface area (Å²) in [6.45, 7) is 0.185. The monoisotopic (exact) mass is 285 g/mol. The molecule has 0 aliphatic heterocycles. The first kappa shape index (κ1) is 15.5. The summed E-state index contributed by atoms with van der Waals surface area (Å²) < 4.78 is 30.9. The van der Waals surface area contributed by atoms with Gasteiger partial charge in [-0.1, -0.05) is 0 Å². The molecule has 8 heteroatoms. The second-order valence-corrected chi connectivity index (χ2v) is 5.49. The number of methoxy groups -OCH3 is 1. The predicted molar refractivity (Wildman–Crippen MR) is 66.6 cm³/mol. The third-order valence-electron chi connectivity index (χ3n) is 2.29. The summed E-state index contributed by atoms with van der Waals surface area (Å²) in [6.07, 6.45) is 0.826. The summed E-state index contributed by atoms with van der Waals surface area (Å²) in [6, 6.07) is 4.47. The van der Waals surface area contributed by atoms with Crippen LogP contribution in [0.1, 0.15) is 12.1 Å². The highest BCUT2D eigenvalue weighted by molar-refractivity contribution is 7.89. The first-order chi connectivity index (χ1) is 9.01. The number of sulfonamides is 1. The number of aromatic nitrogens is 1. The van der Waals surface area contributed by atoms with Gasteiger partial charge in [0, 0.05) is 19.9 Å². The van der Waals surface area contributed by atoms with E-state index in [2.05, 4.69) is 9.71 Å². The smallest absolute Gasteiger partial charge is 0.243 e. The minimum atomic E-state index is -3.80. The maximum absolute atomic E-state index is 11.9. The quantitative estimate of drug-likeness (QED) is 0.706. The van der Waals surface area contributed by atoms with Gasteiger partial charge in [-0.3, -0.25) is 0 Å². The summed E-state index contributed by atoms with van der Waals surface area (Å²) >= 11 is 0. The fourth-order valence-corrected chi connectivity index (χ4v) is 2.56. The lowest BCUT2D eigenvalue weighted by atomic mass is 10.3. The van der Waals surface area contributed by atoms with Crippen molar-refractivity contribution in [2.45, 2.75) is 17.4 Å². The summed E-state index contributed by atoms with van der Waals surface area (Å²) in [4.78, 5) is 3.52.